The fraction of sp³-hybridized carbons (Fsp3) is 0.833. The van der Waals surface area contributed by atoms with Crippen LogP contribution in [0.4, 0.5) is 0 Å². The molecule has 0 saturated heterocycles. The number of aliphatic hydroxyl groups excluding tert-OH is 2. The van der Waals surface area contributed by atoms with Gasteiger partial charge >= 0.3 is 5.97 Å². The smallest absolute Gasteiger partial charge is 0.333 e. The van der Waals surface area contributed by atoms with Crippen LogP contribution in [-0.2, 0) is 28.5 Å². The Morgan fingerprint density at radius 2 is 1.12 bits per heavy atom. The lowest BCUT2D eigenvalue weighted by molar-refractivity contribution is -0.138. The van der Waals surface area contributed by atoms with Crippen molar-refractivity contribution >= 4 is 5.97 Å². The van der Waals surface area contributed by atoms with Gasteiger partial charge in [-0.25, -0.2) is 4.79 Å². The van der Waals surface area contributed by atoms with Crippen LogP contribution in [0.1, 0.15) is 27.7 Å². The zero-order chi connectivity index (χ0) is 20.5. The normalized spacial score (nSPS) is 9.46. The number of esters is 1. The van der Waals surface area contributed by atoms with Crippen LogP contribution < -0.4 is 0 Å². The number of carbonyl (C=O) groups is 1. The molecular formula is C18H38O8. The lowest BCUT2D eigenvalue weighted by Gasteiger charge is -2.04. The number of hydrogen-bond acceptors (Lipinski definition) is 8. The summed E-state index contributed by atoms with van der Waals surface area (Å²) < 4.78 is 24.4. The van der Waals surface area contributed by atoms with Crippen LogP contribution in [0.25, 0.3) is 0 Å². The molecular weight excluding hydrogens is 344 g/mol. The molecule has 0 aliphatic carbocycles. The maximum Gasteiger partial charge on any atom is 0.333 e. The molecule has 0 radical (unpaired) electrons. The van der Waals surface area contributed by atoms with E-state index in [0.717, 1.165) is 13.2 Å². The molecule has 0 saturated carbocycles. The van der Waals surface area contributed by atoms with Gasteiger partial charge in [0.25, 0.3) is 0 Å². The monoisotopic (exact) mass is 382 g/mol. The first-order valence-electron chi connectivity index (χ1n) is 8.86. The summed E-state index contributed by atoms with van der Waals surface area (Å²) in [4.78, 5) is 10.4. The van der Waals surface area contributed by atoms with Crippen LogP contribution >= 0.6 is 0 Å². The standard InChI is InChI=1S/C8H18O5.C6H10O2.C4H10O/c9-1-3-11-5-7-13-8-6-12-4-2-10;1-4-8-6(7)5(2)3;1-3-5-4-2/h9-10H,1-8H2;2,4H2,1,3H3;3-4H2,1-2H3. The Hall–Kier alpha value is -1.03. The molecule has 0 atom stereocenters. The third-order valence-electron chi connectivity index (χ3n) is 2.25. The van der Waals surface area contributed by atoms with E-state index in [0.29, 0.717) is 51.8 Å². The first-order chi connectivity index (χ1) is 12.5. The summed E-state index contributed by atoms with van der Waals surface area (Å²) >= 11 is 0. The van der Waals surface area contributed by atoms with Crippen LogP contribution in [0.15, 0.2) is 12.2 Å². The third kappa shape index (κ3) is 34.3. The molecule has 158 valence electrons. The molecule has 0 bridgehead atoms. The summed E-state index contributed by atoms with van der Waals surface area (Å²) in [7, 11) is 0. The molecule has 26 heavy (non-hydrogen) atoms. The van der Waals surface area contributed by atoms with Crippen LogP contribution in [0.2, 0.25) is 0 Å². The number of carbonyl (C=O) groups excluding carboxylic acids is 1. The summed E-state index contributed by atoms with van der Waals surface area (Å²) in [6, 6.07) is 0. The number of ether oxygens (including phenoxy) is 5. The van der Waals surface area contributed by atoms with Crippen molar-refractivity contribution in [3.8, 4) is 0 Å². The zero-order valence-electron chi connectivity index (χ0n) is 16.8. The number of rotatable bonds is 14. The van der Waals surface area contributed by atoms with E-state index < -0.39 is 0 Å². The van der Waals surface area contributed by atoms with Gasteiger partial charge in [0, 0.05) is 18.8 Å². The molecule has 0 aromatic carbocycles. The van der Waals surface area contributed by atoms with Crippen molar-refractivity contribution in [1.29, 1.82) is 0 Å². The van der Waals surface area contributed by atoms with Crippen LogP contribution in [-0.4, -0.2) is 88.9 Å². The molecule has 0 aromatic heterocycles. The molecule has 0 aliphatic heterocycles. The molecule has 0 amide bonds. The average molecular weight is 382 g/mol. The van der Waals surface area contributed by atoms with E-state index in [1.165, 1.54) is 0 Å². The molecule has 0 rings (SSSR count). The lowest BCUT2D eigenvalue weighted by Crippen LogP contribution is -2.11. The van der Waals surface area contributed by atoms with Crippen molar-refractivity contribution in [3.05, 3.63) is 12.2 Å². The van der Waals surface area contributed by atoms with E-state index >= 15 is 0 Å². The minimum Gasteiger partial charge on any atom is -0.463 e. The SMILES string of the molecule is C=C(C)C(=O)OCC.CCOCC.OCCOCCOCCOCCO. The third-order valence-corrected chi connectivity index (χ3v) is 2.25. The highest BCUT2D eigenvalue weighted by atomic mass is 16.5. The first-order valence-corrected chi connectivity index (χ1v) is 8.86. The molecule has 0 aromatic rings. The summed E-state index contributed by atoms with van der Waals surface area (Å²) in [5.74, 6) is -0.312. The largest absolute Gasteiger partial charge is 0.463 e. The van der Waals surface area contributed by atoms with Gasteiger partial charge in [0.2, 0.25) is 0 Å². The van der Waals surface area contributed by atoms with Crippen molar-refractivity contribution in [3.63, 3.8) is 0 Å². The predicted octanol–water partition coefficient (Wildman–Crippen LogP) is 1.19. The van der Waals surface area contributed by atoms with Crippen molar-refractivity contribution in [2.75, 3.05) is 72.7 Å². The van der Waals surface area contributed by atoms with Crippen molar-refractivity contribution in [2.45, 2.75) is 27.7 Å². The quantitative estimate of drug-likeness (QED) is 0.262. The van der Waals surface area contributed by atoms with Gasteiger partial charge in [-0.3, -0.25) is 0 Å². The van der Waals surface area contributed by atoms with E-state index in [1.807, 2.05) is 13.8 Å². The van der Waals surface area contributed by atoms with Gasteiger partial charge in [-0.05, 0) is 27.7 Å². The molecule has 0 fully saturated rings. The topological polar surface area (TPSA) is 104 Å². The highest BCUT2D eigenvalue weighted by molar-refractivity contribution is 5.86. The first kappa shape index (κ1) is 29.7. The van der Waals surface area contributed by atoms with Gasteiger partial charge in [-0.1, -0.05) is 6.58 Å². The maximum absolute atomic E-state index is 10.4. The molecule has 0 spiro atoms. The van der Waals surface area contributed by atoms with Crippen LogP contribution in [0, 0.1) is 0 Å². The summed E-state index contributed by atoms with van der Waals surface area (Å²) in [6.07, 6.45) is 0. The summed E-state index contributed by atoms with van der Waals surface area (Å²) in [5.41, 5.74) is 0.451. The molecule has 0 aliphatic rings. The van der Waals surface area contributed by atoms with Gasteiger partial charge < -0.3 is 33.9 Å². The van der Waals surface area contributed by atoms with Crippen LogP contribution in [0.3, 0.4) is 0 Å². The van der Waals surface area contributed by atoms with E-state index in [-0.39, 0.29) is 19.2 Å². The average Bonchev–Trinajstić information content (AvgIpc) is 2.62. The fourth-order valence-electron chi connectivity index (χ4n) is 1.13. The second-order valence-corrected chi connectivity index (χ2v) is 4.57. The van der Waals surface area contributed by atoms with E-state index in [2.05, 4.69) is 11.3 Å². The Kier molecular flexibility index (Phi) is 32.9. The van der Waals surface area contributed by atoms with Gasteiger partial charge in [-0.2, -0.15) is 0 Å². The van der Waals surface area contributed by atoms with E-state index in [1.54, 1.807) is 13.8 Å². The highest BCUT2D eigenvalue weighted by Crippen LogP contribution is 1.89. The van der Waals surface area contributed by atoms with Gasteiger partial charge in [0.1, 0.15) is 0 Å². The molecule has 8 nitrogen and oxygen atoms in total. The Labute approximate surface area is 158 Å². The van der Waals surface area contributed by atoms with E-state index in [4.69, 9.17) is 29.2 Å². The Bertz CT molecular complexity index is 272. The van der Waals surface area contributed by atoms with Gasteiger partial charge in [0.15, 0.2) is 0 Å². The predicted molar refractivity (Wildman–Crippen MR) is 100 cm³/mol. The fourth-order valence-corrected chi connectivity index (χ4v) is 1.13. The minimum absolute atomic E-state index is 0.0413. The lowest BCUT2D eigenvalue weighted by atomic mass is 10.4. The Morgan fingerprint density at radius 1 is 0.731 bits per heavy atom. The van der Waals surface area contributed by atoms with Crippen molar-refractivity contribution in [2.24, 2.45) is 0 Å². The summed E-state index contributed by atoms with van der Waals surface area (Å²) in [6.45, 7) is 15.6. The second-order valence-electron chi connectivity index (χ2n) is 4.57. The van der Waals surface area contributed by atoms with Crippen molar-refractivity contribution < 1.29 is 38.7 Å². The Morgan fingerprint density at radius 3 is 1.31 bits per heavy atom. The number of hydrogen-bond donors (Lipinski definition) is 2. The van der Waals surface area contributed by atoms with Gasteiger partial charge in [0.05, 0.1) is 59.5 Å². The molecule has 0 unspecified atom stereocenters. The molecule has 2 N–H and O–H groups in total. The second kappa shape index (κ2) is 28.8. The molecule has 0 heterocycles. The summed E-state index contributed by atoms with van der Waals surface area (Å²) in [5, 5.41) is 16.7. The Balaban J connectivity index is -0.000000346. The van der Waals surface area contributed by atoms with E-state index in [9.17, 15) is 4.79 Å². The zero-order valence-corrected chi connectivity index (χ0v) is 16.8. The highest BCUT2D eigenvalue weighted by Gasteiger charge is 1.98. The maximum atomic E-state index is 10.4. The van der Waals surface area contributed by atoms with Crippen LogP contribution in [0.5, 0.6) is 0 Å². The minimum atomic E-state index is -0.312. The molecule has 8 heteroatoms. The number of aliphatic hydroxyl groups is 2. The van der Waals surface area contributed by atoms with Crippen molar-refractivity contribution in [1.82, 2.24) is 0 Å². The van der Waals surface area contributed by atoms with Gasteiger partial charge in [-0.15, -0.1) is 0 Å².